The highest BCUT2D eigenvalue weighted by molar-refractivity contribution is 5.42. The van der Waals surface area contributed by atoms with Crippen LogP contribution < -0.4 is 4.74 Å². The Hall–Kier alpha value is -1.02. The molecule has 0 bridgehead atoms. The van der Waals surface area contributed by atoms with E-state index in [9.17, 15) is 5.11 Å². The minimum absolute atomic E-state index is 0.327. The summed E-state index contributed by atoms with van der Waals surface area (Å²) in [5, 5.41) is 10.6. The van der Waals surface area contributed by atoms with E-state index in [0.29, 0.717) is 11.8 Å². The van der Waals surface area contributed by atoms with Crippen LogP contribution in [0.1, 0.15) is 49.0 Å². The molecule has 2 rings (SSSR count). The van der Waals surface area contributed by atoms with Crippen molar-refractivity contribution < 1.29 is 9.84 Å². The zero-order chi connectivity index (χ0) is 13.3. The van der Waals surface area contributed by atoms with Gasteiger partial charge in [0.05, 0.1) is 13.2 Å². The molecular formula is C16H24O2. The van der Waals surface area contributed by atoms with Gasteiger partial charge in [-0.25, -0.2) is 0 Å². The van der Waals surface area contributed by atoms with E-state index < -0.39 is 0 Å². The van der Waals surface area contributed by atoms with Gasteiger partial charge in [-0.1, -0.05) is 19.8 Å². The summed E-state index contributed by atoms with van der Waals surface area (Å²) in [7, 11) is 1.69. The van der Waals surface area contributed by atoms with Crippen molar-refractivity contribution in [3.8, 4) is 5.75 Å². The van der Waals surface area contributed by atoms with Crippen molar-refractivity contribution in [2.24, 2.45) is 11.8 Å². The molecule has 0 aliphatic heterocycles. The normalized spacial score (nSPS) is 25.2. The van der Waals surface area contributed by atoms with Crippen LogP contribution in [0, 0.1) is 25.7 Å². The van der Waals surface area contributed by atoms with Crippen LogP contribution in [0.25, 0.3) is 0 Å². The highest BCUT2D eigenvalue weighted by Crippen LogP contribution is 2.41. The van der Waals surface area contributed by atoms with E-state index in [2.05, 4.69) is 19.9 Å². The Morgan fingerprint density at radius 3 is 2.50 bits per heavy atom. The van der Waals surface area contributed by atoms with E-state index >= 15 is 0 Å². The van der Waals surface area contributed by atoms with Crippen LogP contribution in [0.5, 0.6) is 5.75 Å². The van der Waals surface area contributed by atoms with E-state index in [1.807, 2.05) is 13.0 Å². The first-order chi connectivity index (χ1) is 8.54. The van der Waals surface area contributed by atoms with Crippen LogP contribution in [0.2, 0.25) is 0 Å². The highest BCUT2D eigenvalue weighted by Gasteiger charge is 2.31. The third-order valence-electron chi connectivity index (χ3n) is 4.44. The van der Waals surface area contributed by atoms with Crippen LogP contribution in [-0.2, 0) is 0 Å². The number of methoxy groups -OCH3 is 1. The average Bonchev–Trinajstić information content (AvgIpc) is 2.77. The number of ether oxygens (including phenoxy) is 1. The third kappa shape index (κ3) is 2.39. The predicted octanol–water partition coefficient (Wildman–Crippen LogP) is 3.78. The second-order valence-corrected chi connectivity index (χ2v) is 5.70. The smallest absolute Gasteiger partial charge is 0.122 e. The second-order valence-electron chi connectivity index (χ2n) is 5.70. The molecule has 1 N–H and O–H groups in total. The van der Waals surface area contributed by atoms with Gasteiger partial charge in [0.15, 0.2) is 0 Å². The van der Waals surface area contributed by atoms with Crippen LogP contribution in [0.3, 0.4) is 0 Å². The van der Waals surface area contributed by atoms with Crippen LogP contribution in [0.15, 0.2) is 12.1 Å². The van der Waals surface area contributed by atoms with Crippen molar-refractivity contribution in [2.45, 2.75) is 46.1 Å². The Morgan fingerprint density at radius 1 is 1.22 bits per heavy atom. The molecule has 3 atom stereocenters. The summed E-state index contributed by atoms with van der Waals surface area (Å²) in [6, 6.07) is 4.12. The molecule has 1 aliphatic rings. The molecule has 100 valence electrons. The number of aryl methyl sites for hydroxylation is 2. The molecule has 1 saturated carbocycles. The minimum atomic E-state index is -0.327. The summed E-state index contributed by atoms with van der Waals surface area (Å²) in [5.41, 5.74) is 3.30. The summed E-state index contributed by atoms with van der Waals surface area (Å²) < 4.78 is 5.33. The zero-order valence-corrected chi connectivity index (χ0v) is 11.9. The molecule has 0 amide bonds. The van der Waals surface area contributed by atoms with E-state index in [1.165, 1.54) is 12.8 Å². The van der Waals surface area contributed by atoms with Crippen molar-refractivity contribution in [3.63, 3.8) is 0 Å². The summed E-state index contributed by atoms with van der Waals surface area (Å²) >= 11 is 0. The first kappa shape index (κ1) is 13.4. The van der Waals surface area contributed by atoms with Gasteiger partial charge in [-0.2, -0.15) is 0 Å². The first-order valence-electron chi connectivity index (χ1n) is 6.87. The summed E-state index contributed by atoms with van der Waals surface area (Å²) in [4.78, 5) is 0. The van der Waals surface area contributed by atoms with E-state index in [1.54, 1.807) is 7.11 Å². The molecule has 1 aliphatic carbocycles. The highest BCUT2D eigenvalue weighted by atomic mass is 16.5. The van der Waals surface area contributed by atoms with Crippen molar-refractivity contribution in [2.75, 3.05) is 7.11 Å². The van der Waals surface area contributed by atoms with Gasteiger partial charge in [-0.05, 0) is 60.9 Å². The lowest BCUT2D eigenvalue weighted by molar-refractivity contribution is 0.0894. The maximum absolute atomic E-state index is 10.6. The Balaban J connectivity index is 2.30. The van der Waals surface area contributed by atoms with Crippen LogP contribution in [0.4, 0.5) is 0 Å². The molecule has 0 saturated heterocycles. The quantitative estimate of drug-likeness (QED) is 0.882. The van der Waals surface area contributed by atoms with Crippen LogP contribution >= 0.6 is 0 Å². The summed E-state index contributed by atoms with van der Waals surface area (Å²) in [6.45, 7) is 6.35. The van der Waals surface area contributed by atoms with Crippen molar-refractivity contribution in [3.05, 3.63) is 28.8 Å². The fourth-order valence-corrected chi connectivity index (χ4v) is 3.22. The lowest BCUT2D eigenvalue weighted by atomic mass is 9.86. The maximum Gasteiger partial charge on any atom is 0.122 e. The van der Waals surface area contributed by atoms with Gasteiger partial charge >= 0.3 is 0 Å². The first-order valence-corrected chi connectivity index (χ1v) is 6.87. The fourth-order valence-electron chi connectivity index (χ4n) is 3.22. The molecule has 0 heterocycles. The summed E-state index contributed by atoms with van der Waals surface area (Å²) in [6.07, 6.45) is 3.31. The monoisotopic (exact) mass is 248 g/mol. The van der Waals surface area contributed by atoms with Gasteiger partial charge in [-0.3, -0.25) is 0 Å². The van der Waals surface area contributed by atoms with Crippen molar-refractivity contribution in [1.29, 1.82) is 0 Å². The fraction of sp³-hybridized carbons (Fsp3) is 0.625. The number of aliphatic hydroxyl groups is 1. The number of hydrogen-bond acceptors (Lipinski definition) is 2. The molecule has 2 heteroatoms. The SMILES string of the molecule is COc1cc(C)c(C(O)C2CCCC2C)cc1C. The largest absolute Gasteiger partial charge is 0.496 e. The Bertz CT molecular complexity index is 425. The standard InChI is InChI=1S/C16H24O2/c1-10-6-5-7-13(10)16(17)14-8-12(3)15(18-4)9-11(14)2/h8-10,13,16-17H,5-7H2,1-4H3. The minimum Gasteiger partial charge on any atom is -0.496 e. The second kappa shape index (κ2) is 5.31. The summed E-state index contributed by atoms with van der Waals surface area (Å²) in [5.74, 6) is 1.95. The predicted molar refractivity (Wildman–Crippen MR) is 73.9 cm³/mol. The number of hydrogen-bond donors (Lipinski definition) is 1. The third-order valence-corrected chi connectivity index (χ3v) is 4.44. The van der Waals surface area contributed by atoms with Crippen LogP contribution in [-0.4, -0.2) is 12.2 Å². The van der Waals surface area contributed by atoms with Gasteiger partial charge in [-0.15, -0.1) is 0 Å². The maximum atomic E-state index is 10.6. The number of aliphatic hydroxyl groups excluding tert-OH is 1. The van der Waals surface area contributed by atoms with Crippen molar-refractivity contribution >= 4 is 0 Å². The van der Waals surface area contributed by atoms with Gasteiger partial charge < -0.3 is 9.84 Å². The van der Waals surface area contributed by atoms with E-state index in [4.69, 9.17) is 4.74 Å². The number of rotatable bonds is 3. The molecule has 0 radical (unpaired) electrons. The van der Waals surface area contributed by atoms with Gasteiger partial charge in [0.1, 0.15) is 5.75 Å². The zero-order valence-electron chi connectivity index (χ0n) is 11.9. The molecule has 1 aromatic carbocycles. The molecule has 1 aromatic rings. The molecule has 2 nitrogen and oxygen atoms in total. The molecule has 18 heavy (non-hydrogen) atoms. The van der Waals surface area contributed by atoms with Crippen molar-refractivity contribution in [1.82, 2.24) is 0 Å². The molecule has 0 aromatic heterocycles. The lowest BCUT2D eigenvalue weighted by Crippen LogP contribution is -2.16. The average molecular weight is 248 g/mol. The number of benzene rings is 1. The molecule has 0 spiro atoms. The molecular weight excluding hydrogens is 224 g/mol. The molecule has 1 fully saturated rings. The van der Waals surface area contributed by atoms with Gasteiger partial charge in [0.25, 0.3) is 0 Å². The molecule has 3 unspecified atom stereocenters. The Kier molecular flexibility index (Phi) is 3.96. The van der Waals surface area contributed by atoms with E-state index in [-0.39, 0.29) is 6.10 Å². The lowest BCUT2D eigenvalue weighted by Gasteiger charge is -2.24. The van der Waals surface area contributed by atoms with Gasteiger partial charge in [0, 0.05) is 0 Å². The van der Waals surface area contributed by atoms with Gasteiger partial charge in [0.2, 0.25) is 0 Å². The van der Waals surface area contributed by atoms with E-state index in [0.717, 1.165) is 28.9 Å². The topological polar surface area (TPSA) is 29.5 Å². The Morgan fingerprint density at radius 2 is 1.94 bits per heavy atom. The Labute approximate surface area is 110 Å².